The first kappa shape index (κ1) is 12.3. The Labute approximate surface area is 94.8 Å². The van der Waals surface area contributed by atoms with Crippen molar-refractivity contribution in [2.75, 3.05) is 0 Å². The number of hydrogen-bond donors (Lipinski definition) is 0. The normalized spacial score (nSPS) is 33.4. The first-order chi connectivity index (χ1) is 7.31. The molecule has 0 heteroatoms. The fourth-order valence-corrected chi connectivity index (χ4v) is 2.66. The third-order valence-corrected chi connectivity index (χ3v) is 3.34. The van der Waals surface area contributed by atoms with E-state index in [1.165, 1.54) is 19.3 Å². The van der Waals surface area contributed by atoms with Crippen LogP contribution < -0.4 is 0 Å². The zero-order chi connectivity index (χ0) is 11.1. The van der Waals surface area contributed by atoms with Gasteiger partial charge in [-0.05, 0) is 57.8 Å². The van der Waals surface area contributed by atoms with Crippen LogP contribution in [0.25, 0.3) is 0 Å². The predicted octanol–water partition coefficient (Wildman–Crippen LogP) is 4.75. The van der Waals surface area contributed by atoms with Gasteiger partial charge in [0.15, 0.2) is 0 Å². The lowest BCUT2D eigenvalue weighted by atomic mass is 9.73. The van der Waals surface area contributed by atoms with Crippen LogP contribution >= 0.6 is 0 Å². The number of rotatable bonds is 3. The molecule has 0 aliphatic heterocycles. The Morgan fingerprint density at radius 2 is 1.33 bits per heavy atom. The summed E-state index contributed by atoms with van der Waals surface area (Å²) >= 11 is 0. The van der Waals surface area contributed by atoms with E-state index in [1.54, 1.807) is 0 Å². The molecule has 1 rings (SSSR count). The van der Waals surface area contributed by atoms with Crippen molar-refractivity contribution in [1.29, 1.82) is 0 Å². The standard InChI is InChI=1S/C15H24/c1-4-7-13-10-11-14(8-5-2)15(12-13)9-6-3/h4-9,13-15H,10-12H2,1-3H3. The Morgan fingerprint density at radius 1 is 0.733 bits per heavy atom. The highest BCUT2D eigenvalue weighted by atomic mass is 14.3. The average molecular weight is 204 g/mol. The summed E-state index contributed by atoms with van der Waals surface area (Å²) in [6, 6.07) is 0. The van der Waals surface area contributed by atoms with Gasteiger partial charge in [-0.25, -0.2) is 0 Å². The Bertz CT molecular complexity index is 245. The summed E-state index contributed by atoms with van der Waals surface area (Å²) in [5, 5.41) is 0. The fourth-order valence-electron chi connectivity index (χ4n) is 2.66. The van der Waals surface area contributed by atoms with Crippen molar-refractivity contribution in [3.05, 3.63) is 36.5 Å². The molecule has 1 saturated carbocycles. The molecule has 1 fully saturated rings. The first-order valence-corrected chi connectivity index (χ1v) is 6.20. The highest BCUT2D eigenvalue weighted by Crippen LogP contribution is 2.36. The van der Waals surface area contributed by atoms with Crippen molar-refractivity contribution >= 4 is 0 Å². The van der Waals surface area contributed by atoms with E-state index in [4.69, 9.17) is 0 Å². The minimum Gasteiger partial charge on any atom is -0.0914 e. The molecule has 0 bridgehead atoms. The smallest absolute Gasteiger partial charge is 0.0165 e. The van der Waals surface area contributed by atoms with Gasteiger partial charge < -0.3 is 0 Å². The minimum absolute atomic E-state index is 0.751. The molecule has 0 spiro atoms. The van der Waals surface area contributed by atoms with Crippen molar-refractivity contribution in [3.63, 3.8) is 0 Å². The second-order valence-corrected chi connectivity index (χ2v) is 4.48. The highest BCUT2D eigenvalue weighted by Gasteiger charge is 2.25. The van der Waals surface area contributed by atoms with Crippen molar-refractivity contribution in [3.8, 4) is 0 Å². The Morgan fingerprint density at radius 3 is 1.93 bits per heavy atom. The van der Waals surface area contributed by atoms with Gasteiger partial charge in [0.2, 0.25) is 0 Å². The Hall–Kier alpha value is -0.780. The lowest BCUT2D eigenvalue weighted by molar-refractivity contribution is 0.287. The molecular formula is C15H24. The molecule has 0 nitrogen and oxygen atoms in total. The summed E-state index contributed by atoms with van der Waals surface area (Å²) in [5.74, 6) is 2.33. The SMILES string of the molecule is CC=CC1CCC(C=CC)C(C=CC)C1. The van der Waals surface area contributed by atoms with E-state index in [1.807, 2.05) is 0 Å². The van der Waals surface area contributed by atoms with E-state index in [2.05, 4.69) is 57.2 Å². The van der Waals surface area contributed by atoms with Gasteiger partial charge in [0.1, 0.15) is 0 Å². The Kier molecular flexibility index (Phi) is 5.45. The molecule has 0 saturated heterocycles. The molecule has 0 heterocycles. The van der Waals surface area contributed by atoms with Crippen molar-refractivity contribution in [2.45, 2.75) is 40.0 Å². The topological polar surface area (TPSA) is 0 Å². The quantitative estimate of drug-likeness (QED) is 0.582. The fraction of sp³-hybridized carbons (Fsp3) is 0.600. The van der Waals surface area contributed by atoms with Crippen molar-refractivity contribution < 1.29 is 0 Å². The summed E-state index contributed by atoms with van der Waals surface area (Å²) < 4.78 is 0. The zero-order valence-corrected chi connectivity index (χ0v) is 10.3. The maximum absolute atomic E-state index is 2.39. The molecule has 15 heavy (non-hydrogen) atoms. The highest BCUT2D eigenvalue weighted by molar-refractivity contribution is 5.03. The molecule has 0 aromatic rings. The van der Waals surface area contributed by atoms with Gasteiger partial charge in [0.25, 0.3) is 0 Å². The molecule has 1 aliphatic rings. The Balaban J connectivity index is 2.64. The third-order valence-electron chi connectivity index (χ3n) is 3.34. The minimum atomic E-state index is 0.751. The van der Waals surface area contributed by atoms with Crippen LogP contribution in [-0.4, -0.2) is 0 Å². The van der Waals surface area contributed by atoms with E-state index < -0.39 is 0 Å². The summed E-state index contributed by atoms with van der Waals surface area (Å²) in [7, 11) is 0. The van der Waals surface area contributed by atoms with Crippen LogP contribution in [-0.2, 0) is 0 Å². The van der Waals surface area contributed by atoms with Crippen molar-refractivity contribution in [1.82, 2.24) is 0 Å². The van der Waals surface area contributed by atoms with Crippen LogP contribution in [0.15, 0.2) is 36.5 Å². The monoisotopic (exact) mass is 204 g/mol. The van der Waals surface area contributed by atoms with Crippen LogP contribution in [0.3, 0.4) is 0 Å². The second-order valence-electron chi connectivity index (χ2n) is 4.48. The lowest BCUT2D eigenvalue weighted by Crippen LogP contribution is -2.21. The van der Waals surface area contributed by atoms with E-state index >= 15 is 0 Å². The molecule has 0 aromatic heterocycles. The lowest BCUT2D eigenvalue weighted by Gasteiger charge is -2.31. The molecule has 84 valence electrons. The molecule has 3 unspecified atom stereocenters. The van der Waals surface area contributed by atoms with Gasteiger partial charge >= 0.3 is 0 Å². The van der Waals surface area contributed by atoms with Crippen molar-refractivity contribution in [2.24, 2.45) is 17.8 Å². The number of hydrogen-bond acceptors (Lipinski definition) is 0. The molecule has 1 aliphatic carbocycles. The maximum atomic E-state index is 2.39. The average Bonchev–Trinajstić information content (AvgIpc) is 2.23. The summed E-state index contributed by atoms with van der Waals surface area (Å²) in [5.41, 5.74) is 0. The van der Waals surface area contributed by atoms with Crippen LogP contribution in [0, 0.1) is 17.8 Å². The molecule has 0 amide bonds. The van der Waals surface area contributed by atoms with E-state index in [0.29, 0.717) is 0 Å². The van der Waals surface area contributed by atoms with Crippen LogP contribution in [0.4, 0.5) is 0 Å². The number of allylic oxidation sites excluding steroid dienone is 6. The van der Waals surface area contributed by atoms with Gasteiger partial charge in [-0.2, -0.15) is 0 Å². The van der Waals surface area contributed by atoms with Gasteiger partial charge in [-0.1, -0.05) is 36.5 Å². The first-order valence-electron chi connectivity index (χ1n) is 6.20. The van der Waals surface area contributed by atoms with Crippen LogP contribution in [0.1, 0.15) is 40.0 Å². The van der Waals surface area contributed by atoms with Crippen LogP contribution in [0.2, 0.25) is 0 Å². The summed E-state index contributed by atoms with van der Waals surface area (Å²) in [6.45, 7) is 6.39. The van der Waals surface area contributed by atoms with E-state index in [0.717, 1.165) is 17.8 Å². The molecule has 0 radical (unpaired) electrons. The van der Waals surface area contributed by atoms with Crippen LogP contribution in [0.5, 0.6) is 0 Å². The molecule has 0 aromatic carbocycles. The van der Waals surface area contributed by atoms with E-state index in [9.17, 15) is 0 Å². The van der Waals surface area contributed by atoms with Gasteiger partial charge in [-0.3, -0.25) is 0 Å². The second kappa shape index (κ2) is 6.66. The van der Waals surface area contributed by atoms with Gasteiger partial charge in [-0.15, -0.1) is 0 Å². The predicted molar refractivity (Wildman–Crippen MR) is 68.8 cm³/mol. The van der Waals surface area contributed by atoms with E-state index in [-0.39, 0.29) is 0 Å². The zero-order valence-electron chi connectivity index (χ0n) is 10.3. The molecular weight excluding hydrogens is 180 g/mol. The third kappa shape index (κ3) is 3.70. The largest absolute Gasteiger partial charge is 0.0914 e. The summed E-state index contributed by atoms with van der Waals surface area (Å²) in [6.07, 6.45) is 17.8. The summed E-state index contributed by atoms with van der Waals surface area (Å²) in [4.78, 5) is 0. The molecule has 3 atom stereocenters. The molecule has 0 N–H and O–H groups in total. The maximum Gasteiger partial charge on any atom is -0.0165 e. The van der Waals surface area contributed by atoms with Gasteiger partial charge in [0.05, 0.1) is 0 Å². The van der Waals surface area contributed by atoms with Gasteiger partial charge in [0, 0.05) is 0 Å².